The van der Waals surface area contributed by atoms with E-state index in [0.717, 1.165) is 24.5 Å². The van der Waals surface area contributed by atoms with Crippen LogP contribution in [0.1, 0.15) is 55.0 Å². The van der Waals surface area contributed by atoms with Crippen molar-refractivity contribution >= 4 is 10.0 Å². The highest BCUT2D eigenvalue weighted by molar-refractivity contribution is 7.90. The van der Waals surface area contributed by atoms with Crippen molar-refractivity contribution in [1.29, 1.82) is 0 Å². The van der Waals surface area contributed by atoms with Gasteiger partial charge in [0, 0.05) is 42.4 Å². The van der Waals surface area contributed by atoms with E-state index in [2.05, 4.69) is 10.00 Å². The van der Waals surface area contributed by atoms with Gasteiger partial charge in [-0.05, 0) is 25.3 Å². The average molecular weight is 471 g/mol. The zero-order valence-corrected chi connectivity index (χ0v) is 18.2. The van der Waals surface area contributed by atoms with Gasteiger partial charge in [0.25, 0.3) is 10.0 Å². The highest BCUT2D eigenvalue weighted by Gasteiger charge is 2.40. The molecule has 1 saturated heterocycles. The Kier molecular flexibility index (Phi) is 5.55. The molecule has 174 valence electrons. The number of nitrogens with two attached hydrogens (primary N) is 1. The van der Waals surface area contributed by atoms with Gasteiger partial charge in [-0.1, -0.05) is 12.8 Å². The first-order valence-electron chi connectivity index (χ1n) is 10.8. The largest absolute Gasteiger partial charge is 0.370 e. The van der Waals surface area contributed by atoms with Gasteiger partial charge in [-0.2, -0.15) is 9.19 Å². The van der Waals surface area contributed by atoms with Gasteiger partial charge in [-0.25, -0.2) is 21.6 Å². The molecule has 2 fully saturated rings. The number of halogens is 3. The van der Waals surface area contributed by atoms with E-state index in [9.17, 15) is 21.6 Å². The summed E-state index contributed by atoms with van der Waals surface area (Å²) in [5.74, 6) is -3.30. The molecule has 0 radical (unpaired) electrons. The molecule has 2 aliphatic heterocycles. The van der Waals surface area contributed by atoms with Gasteiger partial charge >= 0.3 is 0 Å². The maximum atomic E-state index is 14.2. The Hall–Kier alpha value is -1.95. The molecule has 3 aliphatic rings. The molecule has 32 heavy (non-hydrogen) atoms. The van der Waals surface area contributed by atoms with Gasteiger partial charge in [0.1, 0.15) is 11.9 Å². The molecular weight excluding hydrogens is 445 g/mol. The topological polar surface area (TPSA) is 90.5 Å². The molecule has 1 aliphatic carbocycles. The predicted molar refractivity (Wildman–Crippen MR) is 109 cm³/mol. The fourth-order valence-corrected chi connectivity index (χ4v) is 7.00. The molecule has 7 nitrogen and oxygen atoms in total. The molecule has 3 atom stereocenters. The first kappa shape index (κ1) is 21.9. The summed E-state index contributed by atoms with van der Waals surface area (Å²) in [5, 5.41) is 3.77. The van der Waals surface area contributed by atoms with Gasteiger partial charge in [0.2, 0.25) is 0 Å². The lowest BCUT2D eigenvalue weighted by Crippen LogP contribution is -2.48. The van der Waals surface area contributed by atoms with Crippen LogP contribution in [0, 0.1) is 17.5 Å². The van der Waals surface area contributed by atoms with Crippen LogP contribution in [0.5, 0.6) is 0 Å². The van der Waals surface area contributed by atoms with E-state index >= 15 is 0 Å². The molecule has 1 unspecified atom stereocenters. The molecule has 5 rings (SSSR count). The van der Waals surface area contributed by atoms with Crippen molar-refractivity contribution in [2.45, 2.75) is 68.6 Å². The summed E-state index contributed by atoms with van der Waals surface area (Å²) in [5.41, 5.74) is 7.66. The minimum atomic E-state index is -3.53. The summed E-state index contributed by atoms with van der Waals surface area (Å²) >= 11 is 0. The summed E-state index contributed by atoms with van der Waals surface area (Å²) in [6.45, 7) is 1.12. The van der Waals surface area contributed by atoms with Gasteiger partial charge in [-0.15, -0.1) is 0 Å². The van der Waals surface area contributed by atoms with Crippen LogP contribution >= 0.6 is 0 Å². The second-order valence-electron chi connectivity index (χ2n) is 8.91. The lowest BCUT2D eigenvalue weighted by molar-refractivity contribution is -0.0534. The molecule has 1 aromatic heterocycles. The monoisotopic (exact) mass is 470 g/mol. The highest BCUT2D eigenvalue weighted by atomic mass is 32.2. The van der Waals surface area contributed by atoms with E-state index in [1.807, 2.05) is 0 Å². The van der Waals surface area contributed by atoms with Crippen LogP contribution < -0.4 is 5.73 Å². The molecule has 1 saturated carbocycles. The van der Waals surface area contributed by atoms with Crippen LogP contribution in [0.3, 0.4) is 0 Å². The first-order valence-corrected chi connectivity index (χ1v) is 12.3. The van der Waals surface area contributed by atoms with Crippen LogP contribution in [-0.2, 0) is 27.8 Å². The number of benzene rings is 1. The van der Waals surface area contributed by atoms with Crippen molar-refractivity contribution in [2.75, 3.05) is 6.61 Å². The number of ether oxygens (including phenoxy) is 1. The summed E-state index contributed by atoms with van der Waals surface area (Å²) < 4.78 is 74.1. The normalized spacial score (nSPS) is 27.2. The maximum absolute atomic E-state index is 14.2. The SMILES string of the molecule is N[C@H]1C[C@@H](N2Cc3cnn(S(=O)(=O)C4CCCC4)c3C2)COC1c1cc(F)c(F)cc1F. The Morgan fingerprint density at radius 2 is 1.78 bits per heavy atom. The van der Waals surface area contributed by atoms with Gasteiger partial charge in [0.05, 0.1) is 23.7 Å². The summed E-state index contributed by atoms with van der Waals surface area (Å²) in [6.07, 6.45) is 4.31. The van der Waals surface area contributed by atoms with E-state index in [-0.39, 0.29) is 18.2 Å². The first-order chi connectivity index (χ1) is 15.3. The van der Waals surface area contributed by atoms with E-state index in [1.54, 1.807) is 6.20 Å². The second-order valence-corrected chi connectivity index (χ2v) is 11.0. The van der Waals surface area contributed by atoms with Crippen molar-refractivity contribution in [3.8, 4) is 0 Å². The number of rotatable bonds is 4. The van der Waals surface area contributed by atoms with E-state index in [4.69, 9.17) is 10.5 Å². The Morgan fingerprint density at radius 3 is 2.50 bits per heavy atom. The average Bonchev–Trinajstić information content (AvgIpc) is 3.48. The van der Waals surface area contributed by atoms with Crippen LogP contribution in [0.25, 0.3) is 0 Å². The minimum Gasteiger partial charge on any atom is -0.370 e. The Morgan fingerprint density at radius 1 is 1.06 bits per heavy atom. The lowest BCUT2D eigenvalue weighted by Gasteiger charge is -2.38. The lowest BCUT2D eigenvalue weighted by atomic mass is 9.93. The number of aromatic nitrogens is 2. The zero-order valence-electron chi connectivity index (χ0n) is 17.4. The smallest absolute Gasteiger partial charge is 0.256 e. The molecule has 0 bridgehead atoms. The number of fused-ring (bicyclic) bond motifs is 1. The van der Waals surface area contributed by atoms with Crippen LogP contribution in [0.4, 0.5) is 13.2 Å². The summed E-state index contributed by atoms with van der Waals surface area (Å²) in [4.78, 5) is 2.07. The Labute approximate surface area is 184 Å². The quantitative estimate of drug-likeness (QED) is 0.691. The zero-order chi connectivity index (χ0) is 22.6. The van der Waals surface area contributed by atoms with Crippen molar-refractivity contribution < 1.29 is 26.3 Å². The molecule has 11 heteroatoms. The van der Waals surface area contributed by atoms with Crippen molar-refractivity contribution in [1.82, 2.24) is 14.1 Å². The summed E-state index contributed by atoms with van der Waals surface area (Å²) in [6, 6.07) is 0.546. The Bertz CT molecular complexity index is 1130. The van der Waals surface area contributed by atoms with Crippen LogP contribution in [0.2, 0.25) is 0 Å². The van der Waals surface area contributed by atoms with E-state index < -0.39 is 44.9 Å². The summed E-state index contributed by atoms with van der Waals surface area (Å²) in [7, 11) is -3.53. The highest BCUT2D eigenvalue weighted by Crippen LogP contribution is 2.35. The van der Waals surface area contributed by atoms with Crippen molar-refractivity contribution in [2.24, 2.45) is 5.73 Å². The van der Waals surface area contributed by atoms with Crippen LogP contribution in [0.15, 0.2) is 18.3 Å². The van der Waals surface area contributed by atoms with Crippen molar-refractivity contribution in [3.63, 3.8) is 0 Å². The third kappa shape index (κ3) is 3.64. The van der Waals surface area contributed by atoms with Crippen LogP contribution in [-0.4, -0.2) is 46.4 Å². The standard InChI is InChI=1S/C21H25F3N4O3S/c22-16-7-18(24)17(23)6-15(16)21-19(25)5-13(11-31-21)27-9-12-8-26-28(20(12)10-27)32(29,30)14-3-1-2-4-14/h6-8,13-14,19,21H,1-5,9-11,25H2/t13-,19+,21?/m1/s1. The number of nitrogens with zero attached hydrogens (tertiary/aromatic N) is 3. The molecular formula is C21H25F3N4O3S. The minimum absolute atomic E-state index is 0.0992. The molecule has 0 spiro atoms. The molecule has 0 amide bonds. The molecule has 2 N–H and O–H groups in total. The van der Waals surface area contributed by atoms with Crippen molar-refractivity contribution in [3.05, 3.63) is 52.6 Å². The Balaban J connectivity index is 1.29. The number of hydrogen-bond acceptors (Lipinski definition) is 6. The van der Waals surface area contributed by atoms with Gasteiger partial charge in [-0.3, -0.25) is 4.90 Å². The van der Waals surface area contributed by atoms with Gasteiger partial charge < -0.3 is 10.5 Å². The second kappa shape index (κ2) is 8.12. The predicted octanol–water partition coefficient (Wildman–Crippen LogP) is 2.59. The fraction of sp³-hybridized carbons (Fsp3) is 0.571. The third-order valence-corrected chi connectivity index (χ3v) is 8.99. The van der Waals surface area contributed by atoms with Gasteiger partial charge in [0.15, 0.2) is 11.6 Å². The van der Waals surface area contributed by atoms with E-state index in [0.29, 0.717) is 44.1 Å². The molecule has 3 heterocycles. The van der Waals surface area contributed by atoms with E-state index in [1.165, 1.54) is 4.09 Å². The molecule has 1 aromatic carbocycles. The third-order valence-electron chi connectivity index (χ3n) is 6.87. The fourth-order valence-electron chi connectivity index (χ4n) is 5.13. The number of hydrogen-bond donors (Lipinski definition) is 1. The molecule has 2 aromatic rings. The maximum Gasteiger partial charge on any atom is 0.256 e.